The second-order valence-corrected chi connectivity index (χ2v) is 5.70. The Hall–Kier alpha value is -1.69. The van der Waals surface area contributed by atoms with Crippen molar-refractivity contribution in [1.29, 1.82) is 0 Å². The van der Waals surface area contributed by atoms with Gasteiger partial charge in [0, 0.05) is 5.56 Å². The van der Waals surface area contributed by atoms with E-state index < -0.39 is 29.4 Å². The van der Waals surface area contributed by atoms with Gasteiger partial charge in [0.15, 0.2) is 5.56 Å². The van der Waals surface area contributed by atoms with Gasteiger partial charge in [0.05, 0.1) is 5.57 Å². The van der Waals surface area contributed by atoms with Gasteiger partial charge in [-0.3, -0.25) is 0 Å². The lowest BCUT2D eigenvalue weighted by Crippen LogP contribution is -2.41. The van der Waals surface area contributed by atoms with Gasteiger partial charge >= 0.3 is 12.1 Å². The van der Waals surface area contributed by atoms with Crippen LogP contribution in [0.3, 0.4) is 0 Å². The number of carbonyl (C=O) groups excluding carboxylic acids is 1. The van der Waals surface area contributed by atoms with Crippen molar-refractivity contribution in [2.45, 2.75) is 38.6 Å². The fourth-order valence-electron chi connectivity index (χ4n) is 2.30. The molecule has 120 valence electrons. The summed E-state index contributed by atoms with van der Waals surface area (Å²) in [5.41, 5.74) is 0.172. The molecule has 1 heterocycles. The molecule has 1 aliphatic rings. The van der Waals surface area contributed by atoms with E-state index in [1.165, 1.54) is 6.92 Å². The highest BCUT2D eigenvalue weighted by atomic mass is 35.5. The predicted molar refractivity (Wildman–Crippen MR) is 75.8 cm³/mol. The molecule has 1 aliphatic heterocycles. The van der Waals surface area contributed by atoms with E-state index in [-0.39, 0.29) is 5.75 Å². The third-order valence-corrected chi connectivity index (χ3v) is 3.17. The number of aryl methyl sites for hydroxylation is 2. The van der Waals surface area contributed by atoms with Crippen LogP contribution in [0.25, 0.3) is 6.08 Å². The lowest BCUT2D eigenvalue weighted by atomic mass is 9.97. The van der Waals surface area contributed by atoms with Crippen LogP contribution in [0, 0.1) is 13.8 Å². The Bertz CT molecular complexity index is 636. The number of esters is 1. The van der Waals surface area contributed by atoms with Crippen LogP contribution in [0.4, 0.5) is 13.2 Å². The van der Waals surface area contributed by atoms with Gasteiger partial charge in [0.2, 0.25) is 6.10 Å². The SMILES string of the molecule is Cc1cc(C)c2c(c1)C=C(C(=O)OC(C)Cl)C(C(F)(F)F)O2. The third kappa shape index (κ3) is 3.38. The number of fused-ring (bicyclic) bond motifs is 1. The van der Waals surface area contributed by atoms with E-state index in [9.17, 15) is 18.0 Å². The third-order valence-electron chi connectivity index (χ3n) is 3.08. The van der Waals surface area contributed by atoms with Crippen LogP contribution in [0.1, 0.15) is 23.6 Å². The summed E-state index contributed by atoms with van der Waals surface area (Å²) in [6, 6.07) is 3.36. The highest BCUT2D eigenvalue weighted by Crippen LogP contribution is 2.39. The number of halogens is 4. The number of hydrogen-bond acceptors (Lipinski definition) is 3. The summed E-state index contributed by atoms with van der Waals surface area (Å²) in [5, 5.41) is 0. The first-order valence-corrected chi connectivity index (χ1v) is 6.94. The number of benzene rings is 1. The predicted octanol–water partition coefficient (Wildman–Crippen LogP) is 4.14. The molecule has 2 atom stereocenters. The van der Waals surface area contributed by atoms with Crippen molar-refractivity contribution in [3.8, 4) is 5.75 Å². The topological polar surface area (TPSA) is 35.5 Å². The fourth-order valence-corrected chi connectivity index (χ4v) is 2.39. The van der Waals surface area contributed by atoms with Gasteiger partial charge in [-0.05, 0) is 38.5 Å². The highest BCUT2D eigenvalue weighted by Gasteiger charge is 2.49. The maximum absolute atomic E-state index is 13.2. The van der Waals surface area contributed by atoms with Crippen molar-refractivity contribution < 1.29 is 27.4 Å². The maximum Gasteiger partial charge on any atom is 0.430 e. The van der Waals surface area contributed by atoms with Crippen LogP contribution >= 0.6 is 11.6 Å². The second kappa shape index (κ2) is 5.83. The van der Waals surface area contributed by atoms with Crippen molar-refractivity contribution in [2.75, 3.05) is 0 Å². The number of hydrogen-bond donors (Lipinski definition) is 0. The standard InChI is InChI=1S/C15H14ClF3O3/c1-7-4-8(2)12-10(5-7)6-11(14(20)21-9(3)16)13(22-12)15(17,18)19/h4-6,9,13H,1-3H3. The molecule has 0 bridgehead atoms. The molecule has 0 aromatic heterocycles. The van der Waals surface area contributed by atoms with Gasteiger partial charge in [0.1, 0.15) is 5.75 Å². The number of rotatable bonds is 2. The number of alkyl halides is 4. The fraction of sp³-hybridized carbons (Fsp3) is 0.400. The van der Waals surface area contributed by atoms with Gasteiger partial charge in [-0.15, -0.1) is 0 Å². The second-order valence-electron chi connectivity index (χ2n) is 5.09. The van der Waals surface area contributed by atoms with Gasteiger partial charge in [-0.1, -0.05) is 23.2 Å². The number of carbonyl (C=O) groups is 1. The van der Waals surface area contributed by atoms with E-state index in [0.29, 0.717) is 11.1 Å². The summed E-state index contributed by atoms with van der Waals surface area (Å²) in [4.78, 5) is 11.9. The van der Waals surface area contributed by atoms with Crippen LogP contribution in [-0.4, -0.2) is 23.8 Å². The molecule has 1 aromatic carbocycles. The Kier molecular flexibility index (Phi) is 4.42. The summed E-state index contributed by atoms with van der Waals surface area (Å²) in [5.74, 6) is -1.03. The molecule has 0 aliphatic carbocycles. The largest absolute Gasteiger partial charge is 0.475 e. The summed E-state index contributed by atoms with van der Waals surface area (Å²) in [6.07, 6.45) is -5.96. The molecule has 0 saturated carbocycles. The highest BCUT2D eigenvalue weighted by molar-refractivity contribution is 6.20. The van der Waals surface area contributed by atoms with E-state index in [2.05, 4.69) is 4.74 Å². The van der Waals surface area contributed by atoms with Gasteiger partial charge < -0.3 is 9.47 Å². The number of ether oxygens (including phenoxy) is 2. The Balaban J connectivity index is 2.53. The molecule has 3 nitrogen and oxygen atoms in total. The summed E-state index contributed by atoms with van der Waals surface area (Å²) >= 11 is 5.51. The molecule has 2 rings (SSSR count). The van der Waals surface area contributed by atoms with Crippen LogP contribution in [0.15, 0.2) is 17.7 Å². The molecular weight excluding hydrogens is 321 g/mol. The zero-order chi connectivity index (χ0) is 16.7. The van der Waals surface area contributed by atoms with Crippen LogP contribution < -0.4 is 4.74 Å². The van der Waals surface area contributed by atoms with Crippen molar-refractivity contribution in [2.24, 2.45) is 0 Å². The minimum Gasteiger partial charge on any atom is -0.475 e. The molecule has 1 aromatic rings. The van der Waals surface area contributed by atoms with E-state index in [1.807, 2.05) is 0 Å². The van der Waals surface area contributed by atoms with Gasteiger partial charge in [-0.25, -0.2) is 4.79 Å². The molecule has 0 fully saturated rings. The Morgan fingerprint density at radius 1 is 1.36 bits per heavy atom. The first kappa shape index (κ1) is 16.7. The molecule has 7 heteroatoms. The average molecular weight is 335 g/mol. The zero-order valence-corrected chi connectivity index (χ0v) is 12.9. The van der Waals surface area contributed by atoms with E-state index in [0.717, 1.165) is 11.6 Å². The van der Waals surface area contributed by atoms with Crippen molar-refractivity contribution in [3.63, 3.8) is 0 Å². The molecule has 0 saturated heterocycles. The Morgan fingerprint density at radius 3 is 2.55 bits per heavy atom. The Morgan fingerprint density at radius 2 is 2.00 bits per heavy atom. The lowest BCUT2D eigenvalue weighted by Gasteiger charge is -2.29. The van der Waals surface area contributed by atoms with E-state index in [1.54, 1.807) is 26.0 Å². The molecule has 0 spiro atoms. The van der Waals surface area contributed by atoms with Crippen LogP contribution in [0.5, 0.6) is 5.75 Å². The monoisotopic (exact) mass is 334 g/mol. The van der Waals surface area contributed by atoms with Crippen LogP contribution in [0.2, 0.25) is 0 Å². The smallest absolute Gasteiger partial charge is 0.430 e. The van der Waals surface area contributed by atoms with Crippen molar-refractivity contribution in [3.05, 3.63) is 34.4 Å². The van der Waals surface area contributed by atoms with Crippen LogP contribution in [-0.2, 0) is 9.53 Å². The zero-order valence-electron chi connectivity index (χ0n) is 12.1. The first-order valence-electron chi connectivity index (χ1n) is 6.51. The van der Waals surface area contributed by atoms with E-state index >= 15 is 0 Å². The average Bonchev–Trinajstić information content (AvgIpc) is 2.35. The molecule has 2 unspecified atom stereocenters. The quantitative estimate of drug-likeness (QED) is 0.602. The Labute approximate surface area is 130 Å². The molecule has 0 N–H and O–H groups in total. The minimum atomic E-state index is -4.74. The van der Waals surface area contributed by atoms with Gasteiger partial charge in [-0.2, -0.15) is 13.2 Å². The summed E-state index contributed by atoms with van der Waals surface area (Å²) in [6.45, 7) is 4.79. The van der Waals surface area contributed by atoms with Crippen molar-refractivity contribution >= 4 is 23.6 Å². The first-order chi connectivity index (χ1) is 10.1. The van der Waals surface area contributed by atoms with Crippen molar-refractivity contribution in [1.82, 2.24) is 0 Å². The summed E-state index contributed by atoms with van der Waals surface area (Å²) < 4.78 is 49.3. The summed E-state index contributed by atoms with van der Waals surface area (Å²) in [7, 11) is 0. The van der Waals surface area contributed by atoms with Gasteiger partial charge in [0.25, 0.3) is 0 Å². The molecule has 22 heavy (non-hydrogen) atoms. The molecule has 0 radical (unpaired) electrons. The minimum absolute atomic E-state index is 0.114. The molecule has 0 amide bonds. The van der Waals surface area contributed by atoms with E-state index in [4.69, 9.17) is 16.3 Å². The molecular formula is C15H14ClF3O3. The normalized spacial score (nSPS) is 18.9. The lowest BCUT2D eigenvalue weighted by molar-refractivity contribution is -0.188. The maximum atomic E-state index is 13.2.